The van der Waals surface area contributed by atoms with Crippen LogP contribution in [0.4, 0.5) is 0 Å². The van der Waals surface area contributed by atoms with Gasteiger partial charge < -0.3 is 14.6 Å². The topological polar surface area (TPSA) is 72.8 Å². The number of carbonyl (C=O) groups is 2. The highest BCUT2D eigenvalue weighted by atomic mass is 16.5. The zero-order chi connectivity index (χ0) is 17.6. The van der Waals surface area contributed by atoms with E-state index in [2.05, 4.69) is 0 Å². The van der Waals surface area contributed by atoms with Crippen molar-refractivity contribution in [3.05, 3.63) is 90.0 Å². The van der Waals surface area contributed by atoms with E-state index in [1.807, 2.05) is 6.07 Å². The second-order valence-electron chi connectivity index (χ2n) is 5.17. The molecule has 5 heteroatoms. The van der Waals surface area contributed by atoms with Crippen molar-refractivity contribution in [3.63, 3.8) is 0 Å². The Morgan fingerprint density at radius 1 is 0.640 bits per heavy atom. The second kappa shape index (κ2) is 7.31. The number of phenolic OH excluding ortho intramolecular Hbond substituents is 1. The molecule has 3 rings (SSSR count). The standard InChI is InChI=1S/C20H14O5/c21-16-9-11-18(12-10-16)25-20(23)15-6-4-5-14(13-15)19(22)24-17-7-2-1-3-8-17/h1-13,21H. The van der Waals surface area contributed by atoms with Gasteiger partial charge in [-0.25, -0.2) is 9.59 Å². The summed E-state index contributed by atoms with van der Waals surface area (Å²) in [5.74, 6) is -0.388. The lowest BCUT2D eigenvalue weighted by Gasteiger charge is -2.07. The first-order valence-corrected chi connectivity index (χ1v) is 7.50. The number of benzene rings is 3. The zero-order valence-electron chi connectivity index (χ0n) is 13.1. The van der Waals surface area contributed by atoms with Crippen molar-refractivity contribution in [2.24, 2.45) is 0 Å². The lowest BCUT2D eigenvalue weighted by Crippen LogP contribution is -2.12. The first-order valence-electron chi connectivity index (χ1n) is 7.50. The lowest BCUT2D eigenvalue weighted by atomic mass is 10.1. The van der Waals surface area contributed by atoms with E-state index in [0.29, 0.717) is 11.5 Å². The van der Waals surface area contributed by atoms with Gasteiger partial charge in [-0.15, -0.1) is 0 Å². The quantitative estimate of drug-likeness (QED) is 0.580. The van der Waals surface area contributed by atoms with Crippen molar-refractivity contribution in [1.29, 1.82) is 0 Å². The number of ether oxygens (including phenoxy) is 2. The van der Waals surface area contributed by atoms with Crippen molar-refractivity contribution < 1.29 is 24.2 Å². The number of hydrogen-bond acceptors (Lipinski definition) is 5. The highest BCUT2D eigenvalue weighted by molar-refractivity contribution is 5.96. The van der Waals surface area contributed by atoms with E-state index in [4.69, 9.17) is 9.47 Å². The Bertz CT molecular complexity index is 885. The molecule has 0 saturated heterocycles. The molecule has 0 amide bonds. The van der Waals surface area contributed by atoms with Crippen LogP contribution in [0.5, 0.6) is 17.2 Å². The molecule has 0 bridgehead atoms. The highest BCUT2D eigenvalue weighted by Crippen LogP contribution is 2.18. The number of esters is 2. The van der Waals surface area contributed by atoms with Crippen molar-refractivity contribution in [2.45, 2.75) is 0 Å². The Kier molecular flexibility index (Phi) is 4.76. The maximum Gasteiger partial charge on any atom is 0.343 e. The van der Waals surface area contributed by atoms with Crippen molar-refractivity contribution in [2.75, 3.05) is 0 Å². The Hall–Kier alpha value is -3.60. The minimum absolute atomic E-state index is 0.0745. The summed E-state index contributed by atoms with van der Waals surface area (Å²) in [6.45, 7) is 0. The third kappa shape index (κ3) is 4.23. The van der Waals surface area contributed by atoms with E-state index in [1.54, 1.807) is 42.5 Å². The SMILES string of the molecule is O=C(Oc1ccccc1)c1cccc(C(=O)Oc2ccc(O)cc2)c1. The van der Waals surface area contributed by atoms with Gasteiger partial charge in [-0.05, 0) is 54.6 Å². The molecule has 0 aromatic heterocycles. The lowest BCUT2D eigenvalue weighted by molar-refractivity contribution is 0.0734. The molecule has 124 valence electrons. The van der Waals surface area contributed by atoms with E-state index in [9.17, 15) is 14.7 Å². The van der Waals surface area contributed by atoms with Crippen LogP contribution in [0.3, 0.4) is 0 Å². The summed E-state index contributed by atoms with van der Waals surface area (Å²) in [5.41, 5.74) is 0.458. The van der Waals surface area contributed by atoms with Crippen LogP contribution in [-0.2, 0) is 0 Å². The van der Waals surface area contributed by atoms with E-state index in [1.165, 1.54) is 30.3 Å². The molecule has 25 heavy (non-hydrogen) atoms. The molecular weight excluding hydrogens is 320 g/mol. The maximum absolute atomic E-state index is 12.2. The molecule has 3 aromatic carbocycles. The van der Waals surface area contributed by atoms with Gasteiger partial charge in [0.05, 0.1) is 11.1 Å². The van der Waals surface area contributed by atoms with Crippen LogP contribution in [0.1, 0.15) is 20.7 Å². The van der Waals surface area contributed by atoms with Gasteiger partial charge >= 0.3 is 11.9 Å². The van der Waals surface area contributed by atoms with Gasteiger partial charge in [0.2, 0.25) is 0 Å². The summed E-state index contributed by atoms with van der Waals surface area (Å²) in [6, 6.07) is 20.5. The fraction of sp³-hybridized carbons (Fsp3) is 0. The Labute approximate surface area is 144 Å². The summed E-state index contributed by atoms with van der Waals surface area (Å²) in [5, 5.41) is 9.23. The Morgan fingerprint density at radius 2 is 1.16 bits per heavy atom. The third-order valence-corrected chi connectivity index (χ3v) is 3.33. The van der Waals surface area contributed by atoms with Crippen LogP contribution < -0.4 is 9.47 Å². The number of para-hydroxylation sites is 1. The van der Waals surface area contributed by atoms with Gasteiger partial charge in [-0.3, -0.25) is 0 Å². The molecular formula is C20H14O5. The predicted molar refractivity (Wildman–Crippen MR) is 90.9 cm³/mol. The number of rotatable bonds is 4. The Morgan fingerprint density at radius 3 is 1.72 bits per heavy atom. The summed E-state index contributed by atoms with van der Waals surface area (Å²) < 4.78 is 10.5. The van der Waals surface area contributed by atoms with E-state index < -0.39 is 11.9 Å². The van der Waals surface area contributed by atoms with Crippen LogP contribution in [0.2, 0.25) is 0 Å². The van der Waals surface area contributed by atoms with Crippen LogP contribution in [0.25, 0.3) is 0 Å². The second-order valence-corrected chi connectivity index (χ2v) is 5.17. The van der Waals surface area contributed by atoms with Gasteiger partial charge in [-0.1, -0.05) is 24.3 Å². The molecule has 0 saturated carbocycles. The smallest absolute Gasteiger partial charge is 0.343 e. The molecule has 0 spiro atoms. The normalized spacial score (nSPS) is 10.1. The third-order valence-electron chi connectivity index (χ3n) is 3.33. The minimum atomic E-state index is -0.611. The first-order chi connectivity index (χ1) is 12.1. The Balaban J connectivity index is 1.73. The largest absolute Gasteiger partial charge is 0.508 e. The van der Waals surface area contributed by atoms with Crippen LogP contribution >= 0.6 is 0 Å². The number of hydrogen-bond donors (Lipinski definition) is 1. The molecule has 0 heterocycles. The van der Waals surface area contributed by atoms with Gasteiger partial charge in [0.1, 0.15) is 17.2 Å². The number of aromatic hydroxyl groups is 1. The minimum Gasteiger partial charge on any atom is -0.508 e. The van der Waals surface area contributed by atoms with Gasteiger partial charge in [0.15, 0.2) is 0 Å². The summed E-state index contributed by atoms with van der Waals surface area (Å²) >= 11 is 0. The first kappa shape index (κ1) is 16.3. The average molecular weight is 334 g/mol. The average Bonchev–Trinajstić information content (AvgIpc) is 2.64. The van der Waals surface area contributed by atoms with Gasteiger partial charge in [-0.2, -0.15) is 0 Å². The summed E-state index contributed by atoms with van der Waals surface area (Å²) in [7, 11) is 0. The fourth-order valence-corrected chi connectivity index (χ4v) is 2.11. The van der Waals surface area contributed by atoms with Crippen molar-refractivity contribution in [1.82, 2.24) is 0 Å². The maximum atomic E-state index is 12.2. The van der Waals surface area contributed by atoms with Crippen molar-refractivity contribution >= 4 is 11.9 Å². The molecule has 0 aliphatic heterocycles. The number of carbonyl (C=O) groups excluding carboxylic acids is 2. The van der Waals surface area contributed by atoms with Crippen molar-refractivity contribution in [3.8, 4) is 17.2 Å². The van der Waals surface area contributed by atoms with Gasteiger partial charge in [0.25, 0.3) is 0 Å². The molecule has 0 aliphatic carbocycles. The predicted octanol–water partition coefficient (Wildman–Crippen LogP) is 3.83. The zero-order valence-corrected chi connectivity index (χ0v) is 13.1. The van der Waals surface area contributed by atoms with Gasteiger partial charge in [0, 0.05) is 0 Å². The fourth-order valence-electron chi connectivity index (χ4n) is 2.11. The molecule has 0 fully saturated rings. The molecule has 0 aliphatic rings. The molecule has 5 nitrogen and oxygen atoms in total. The highest BCUT2D eigenvalue weighted by Gasteiger charge is 2.14. The molecule has 3 aromatic rings. The van der Waals surface area contributed by atoms with Crippen LogP contribution in [0, 0.1) is 0 Å². The van der Waals surface area contributed by atoms with Crippen LogP contribution in [0.15, 0.2) is 78.9 Å². The van der Waals surface area contributed by atoms with E-state index in [0.717, 1.165) is 0 Å². The molecule has 0 radical (unpaired) electrons. The van der Waals surface area contributed by atoms with Crippen LogP contribution in [-0.4, -0.2) is 17.0 Å². The van der Waals surface area contributed by atoms with E-state index >= 15 is 0 Å². The molecule has 0 unspecified atom stereocenters. The molecule has 1 N–H and O–H groups in total. The van der Waals surface area contributed by atoms with E-state index in [-0.39, 0.29) is 16.9 Å². The summed E-state index contributed by atoms with van der Waals surface area (Å²) in [6.07, 6.45) is 0. The number of phenols is 1. The molecule has 0 atom stereocenters. The monoisotopic (exact) mass is 334 g/mol. The summed E-state index contributed by atoms with van der Waals surface area (Å²) in [4.78, 5) is 24.4.